The van der Waals surface area contributed by atoms with Gasteiger partial charge in [0.05, 0.1) is 17.0 Å². The summed E-state index contributed by atoms with van der Waals surface area (Å²) in [6.07, 6.45) is 2.00. The van der Waals surface area contributed by atoms with Crippen molar-refractivity contribution in [1.82, 2.24) is 9.88 Å². The molecule has 1 aliphatic heterocycles. The lowest BCUT2D eigenvalue weighted by atomic mass is 9.96. The quantitative estimate of drug-likeness (QED) is 0.947. The molecule has 0 bridgehead atoms. The normalized spacial score (nSPS) is 16.0. The van der Waals surface area contributed by atoms with Crippen molar-refractivity contribution >= 4 is 17.2 Å². The highest BCUT2D eigenvalue weighted by Gasteiger charge is 2.24. The Morgan fingerprint density at radius 1 is 1.36 bits per heavy atom. The van der Waals surface area contributed by atoms with Crippen molar-refractivity contribution in [3.63, 3.8) is 0 Å². The highest BCUT2D eigenvalue weighted by atomic mass is 32.1. The minimum atomic E-state index is 0.0948. The van der Waals surface area contributed by atoms with Gasteiger partial charge in [0.15, 0.2) is 0 Å². The Balaban J connectivity index is 1.76. The van der Waals surface area contributed by atoms with Crippen LogP contribution in [0.1, 0.15) is 28.9 Å². The second kappa shape index (κ2) is 6.58. The largest absolute Gasteiger partial charge is 0.339 e. The highest BCUT2D eigenvalue weighted by Crippen LogP contribution is 2.23. The molecule has 3 rings (SSSR count). The number of carbonyl (C=O) groups is 1. The predicted octanol–water partition coefficient (Wildman–Crippen LogP) is 2.93. The average Bonchev–Trinajstić information content (AvgIpc) is 3.09. The molecule has 3 heterocycles. The lowest BCUT2D eigenvalue weighted by molar-refractivity contribution is 0.0692. The fourth-order valence-corrected chi connectivity index (χ4v) is 3.55. The van der Waals surface area contributed by atoms with Gasteiger partial charge >= 0.3 is 0 Å². The van der Waals surface area contributed by atoms with Crippen LogP contribution in [0.4, 0.5) is 0 Å². The molecule has 1 saturated heterocycles. The lowest BCUT2D eigenvalue weighted by Crippen LogP contribution is -2.40. The molecule has 1 fully saturated rings. The van der Waals surface area contributed by atoms with Crippen LogP contribution in [0.15, 0.2) is 29.0 Å². The van der Waals surface area contributed by atoms with Crippen molar-refractivity contribution in [2.24, 2.45) is 11.7 Å². The summed E-state index contributed by atoms with van der Waals surface area (Å²) in [6.45, 7) is 4.23. The molecule has 5 heteroatoms. The molecular formula is C17H21N3OS. The first-order valence-corrected chi connectivity index (χ1v) is 8.63. The third kappa shape index (κ3) is 3.05. The molecule has 2 aromatic rings. The minimum Gasteiger partial charge on any atom is -0.339 e. The van der Waals surface area contributed by atoms with E-state index in [1.165, 1.54) is 0 Å². The molecule has 2 aromatic heterocycles. The molecule has 1 aliphatic rings. The molecule has 0 spiro atoms. The number of nitrogens with two attached hydrogens (primary N) is 1. The van der Waals surface area contributed by atoms with E-state index in [9.17, 15) is 4.79 Å². The smallest absolute Gasteiger partial charge is 0.255 e. The number of amides is 1. The van der Waals surface area contributed by atoms with E-state index in [1.54, 1.807) is 11.3 Å². The first-order valence-electron chi connectivity index (χ1n) is 7.68. The van der Waals surface area contributed by atoms with Crippen LogP contribution < -0.4 is 5.73 Å². The average molecular weight is 315 g/mol. The molecule has 116 valence electrons. The van der Waals surface area contributed by atoms with Gasteiger partial charge in [0.2, 0.25) is 0 Å². The summed E-state index contributed by atoms with van der Waals surface area (Å²) >= 11 is 1.65. The van der Waals surface area contributed by atoms with Gasteiger partial charge in [-0.2, -0.15) is 11.3 Å². The number of likely N-dealkylation sites (tertiary alicyclic amines) is 1. The van der Waals surface area contributed by atoms with Gasteiger partial charge in [-0.05, 0) is 55.8 Å². The van der Waals surface area contributed by atoms with Gasteiger partial charge in [0.1, 0.15) is 0 Å². The Labute approximate surface area is 135 Å². The molecule has 0 aromatic carbocycles. The Morgan fingerprint density at radius 3 is 2.73 bits per heavy atom. The number of carbonyl (C=O) groups excluding carboxylic acids is 1. The van der Waals surface area contributed by atoms with Gasteiger partial charge in [-0.3, -0.25) is 9.78 Å². The van der Waals surface area contributed by atoms with E-state index in [2.05, 4.69) is 10.4 Å². The van der Waals surface area contributed by atoms with Crippen LogP contribution in [0.25, 0.3) is 11.3 Å². The number of piperidine rings is 1. The van der Waals surface area contributed by atoms with Crippen molar-refractivity contribution < 1.29 is 4.79 Å². The second-order valence-electron chi connectivity index (χ2n) is 5.81. The van der Waals surface area contributed by atoms with Gasteiger partial charge in [0, 0.05) is 24.0 Å². The van der Waals surface area contributed by atoms with E-state index in [0.717, 1.165) is 49.4 Å². The van der Waals surface area contributed by atoms with Crippen LogP contribution in [-0.2, 0) is 0 Å². The fourth-order valence-electron chi connectivity index (χ4n) is 2.90. The van der Waals surface area contributed by atoms with Crippen LogP contribution in [0.2, 0.25) is 0 Å². The molecule has 0 aliphatic carbocycles. The van der Waals surface area contributed by atoms with Gasteiger partial charge < -0.3 is 10.6 Å². The summed E-state index contributed by atoms with van der Waals surface area (Å²) in [6, 6.07) is 5.90. The molecule has 4 nitrogen and oxygen atoms in total. The zero-order valence-corrected chi connectivity index (χ0v) is 13.6. The Morgan fingerprint density at radius 2 is 2.14 bits per heavy atom. The number of aromatic nitrogens is 1. The van der Waals surface area contributed by atoms with E-state index in [-0.39, 0.29) is 5.91 Å². The van der Waals surface area contributed by atoms with E-state index >= 15 is 0 Å². The summed E-state index contributed by atoms with van der Waals surface area (Å²) in [5.41, 5.74) is 9.26. The van der Waals surface area contributed by atoms with Crippen LogP contribution in [0.3, 0.4) is 0 Å². The molecule has 1 amide bonds. The molecule has 0 radical (unpaired) electrons. The third-order valence-corrected chi connectivity index (χ3v) is 5.05. The number of hydrogen-bond donors (Lipinski definition) is 1. The summed E-state index contributed by atoms with van der Waals surface area (Å²) in [5, 5.41) is 4.11. The standard InChI is InChI=1S/C17H21N3OS/c1-12-15(2-3-16(19-12)14-6-9-22-11-14)17(21)20-7-4-13(10-18)5-8-20/h2-3,6,9,11,13H,4-5,7-8,10,18H2,1H3. The van der Waals surface area contributed by atoms with Crippen LogP contribution in [0, 0.1) is 12.8 Å². The number of hydrogen-bond acceptors (Lipinski definition) is 4. The van der Waals surface area contributed by atoms with Crippen molar-refractivity contribution in [2.75, 3.05) is 19.6 Å². The maximum Gasteiger partial charge on any atom is 0.255 e. The zero-order valence-electron chi connectivity index (χ0n) is 12.8. The van der Waals surface area contributed by atoms with Crippen LogP contribution in [-0.4, -0.2) is 35.4 Å². The first kappa shape index (κ1) is 15.2. The molecule has 0 atom stereocenters. The number of pyridine rings is 1. The summed E-state index contributed by atoms with van der Waals surface area (Å²) in [5.74, 6) is 0.654. The number of rotatable bonds is 3. The van der Waals surface area contributed by atoms with Crippen molar-refractivity contribution in [3.05, 3.63) is 40.2 Å². The van der Waals surface area contributed by atoms with Gasteiger partial charge in [-0.25, -0.2) is 0 Å². The van der Waals surface area contributed by atoms with E-state index in [1.807, 2.05) is 35.4 Å². The van der Waals surface area contributed by atoms with Crippen molar-refractivity contribution in [1.29, 1.82) is 0 Å². The molecule has 22 heavy (non-hydrogen) atoms. The number of thiophene rings is 1. The van der Waals surface area contributed by atoms with Gasteiger partial charge in [-0.15, -0.1) is 0 Å². The summed E-state index contributed by atoms with van der Waals surface area (Å²) in [4.78, 5) is 19.2. The molecule has 0 saturated carbocycles. The first-order chi connectivity index (χ1) is 10.7. The maximum atomic E-state index is 12.7. The molecule has 2 N–H and O–H groups in total. The van der Waals surface area contributed by atoms with Gasteiger partial charge in [-0.1, -0.05) is 0 Å². The summed E-state index contributed by atoms with van der Waals surface area (Å²) in [7, 11) is 0. The third-order valence-electron chi connectivity index (χ3n) is 4.37. The molecular weight excluding hydrogens is 294 g/mol. The summed E-state index contributed by atoms with van der Waals surface area (Å²) < 4.78 is 0. The van der Waals surface area contributed by atoms with E-state index < -0.39 is 0 Å². The second-order valence-corrected chi connectivity index (χ2v) is 6.59. The fraction of sp³-hybridized carbons (Fsp3) is 0.412. The predicted molar refractivity (Wildman–Crippen MR) is 90.0 cm³/mol. The van der Waals surface area contributed by atoms with E-state index in [4.69, 9.17) is 5.73 Å². The highest BCUT2D eigenvalue weighted by molar-refractivity contribution is 7.08. The number of aryl methyl sites for hydroxylation is 1. The Kier molecular flexibility index (Phi) is 4.55. The minimum absolute atomic E-state index is 0.0948. The Bertz CT molecular complexity index is 646. The monoisotopic (exact) mass is 315 g/mol. The van der Waals surface area contributed by atoms with Crippen molar-refractivity contribution in [3.8, 4) is 11.3 Å². The Hall–Kier alpha value is -1.72. The SMILES string of the molecule is Cc1nc(-c2ccsc2)ccc1C(=O)N1CCC(CN)CC1. The van der Waals surface area contributed by atoms with E-state index in [0.29, 0.717) is 11.5 Å². The topological polar surface area (TPSA) is 59.2 Å². The lowest BCUT2D eigenvalue weighted by Gasteiger charge is -2.31. The zero-order chi connectivity index (χ0) is 15.5. The van der Waals surface area contributed by atoms with Crippen LogP contribution in [0.5, 0.6) is 0 Å². The van der Waals surface area contributed by atoms with Gasteiger partial charge in [0.25, 0.3) is 5.91 Å². The van der Waals surface area contributed by atoms with Crippen LogP contribution >= 0.6 is 11.3 Å². The number of nitrogens with zero attached hydrogens (tertiary/aromatic N) is 2. The van der Waals surface area contributed by atoms with Crippen molar-refractivity contribution in [2.45, 2.75) is 19.8 Å². The molecule has 0 unspecified atom stereocenters. The maximum absolute atomic E-state index is 12.7.